The number of pyridine rings is 1. The summed E-state index contributed by atoms with van der Waals surface area (Å²) in [5.74, 6) is -0.309. The number of alkyl halides is 2. The number of anilines is 1. The fourth-order valence-corrected chi connectivity index (χ4v) is 3.40. The van der Waals surface area contributed by atoms with Gasteiger partial charge in [0.1, 0.15) is 6.54 Å². The Hall–Kier alpha value is -3.26. The van der Waals surface area contributed by atoms with Gasteiger partial charge in [0.05, 0.1) is 23.5 Å². The number of hydrogen-bond donors (Lipinski definition) is 1. The summed E-state index contributed by atoms with van der Waals surface area (Å²) in [5, 5.41) is 11.4. The number of halogens is 3. The number of nitrogens with one attached hydrogen (secondary N) is 1. The number of carbonyl (C=O) groups is 1. The van der Waals surface area contributed by atoms with Crippen LogP contribution in [0.15, 0.2) is 55.1 Å². The lowest BCUT2D eigenvalue weighted by atomic mass is 10.1. The van der Waals surface area contributed by atoms with E-state index in [4.69, 9.17) is 11.6 Å². The minimum atomic E-state index is -2.50. The number of fused-ring (bicyclic) bond motifs is 1. The Morgan fingerprint density at radius 1 is 1.24 bits per heavy atom. The van der Waals surface area contributed by atoms with Gasteiger partial charge in [-0.15, -0.1) is 0 Å². The van der Waals surface area contributed by atoms with E-state index in [0.29, 0.717) is 32.9 Å². The second kappa shape index (κ2) is 7.63. The minimum Gasteiger partial charge on any atom is -0.322 e. The zero-order valence-corrected chi connectivity index (χ0v) is 16.1. The smallest absolute Gasteiger partial charge is 0.259 e. The SMILES string of the molecule is Cc1cc(Cl)c(-c2cnn(CC(F)F)c2)cc1NC(=O)c1cnn2ccccc12. The Bertz CT molecular complexity index is 1200. The van der Waals surface area contributed by atoms with Gasteiger partial charge in [0, 0.05) is 34.2 Å². The third kappa shape index (κ3) is 3.84. The van der Waals surface area contributed by atoms with Crippen molar-refractivity contribution in [2.45, 2.75) is 19.9 Å². The largest absolute Gasteiger partial charge is 0.322 e. The predicted molar refractivity (Wildman–Crippen MR) is 107 cm³/mol. The van der Waals surface area contributed by atoms with Gasteiger partial charge in [-0.2, -0.15) is 10.2 Å². The molecule has 148 valence electrons. The molecule has 0 saturated heterocycles. The van der Waals surface area contributed by atoms with Crippen molar-refractivity contribution in [1.82, 2.24) is 19.4 Å². The van der Waals surface area contributed by atoms with Gasteiger partial charge in [-0.1, -0.05) is 17.7 Å². The summed E-state index contributed by atoms with van der Waals surface area (Å²) in [6.07, 6.45) is 3.73. The first-order chi connectivity index (χ1) is 13.9. The Balaban J connectivity index is 1.65. The third-order valence-corrected chi connectivity index (χ3v) is 4.82. The van der Waals surface area contributed by atoms with Crippen molar-refractivity contribution in [1.29, 1.82) is 0 Å². The van der Waals surface area contributed by atoms with Crippen molar-refractivity contribution in [3.63, 3.8) is 0 Å². The van der Waals surface area contributed by atoms with Crippen molar-refractivity contribution in [2.24, 2.45) is 0 Å². The highest BCUT2D eigenvalue weighted by Gasteiger charge is 2.16. The summed E-state index contributed by atoms with van der Waals surface area (Å²) >= 11 is 6.35. The van der Waals surface area contributed by atoms with Crippen LogP contribution in [0.4, 0.5) is 14.5 Å². The second-order valence-electron chi connectivity index (χ2n) is 6.53. The van der Waals surface area contributed by atoms with E-state index >= 15 is 0 Å². The summed E-state index contributed by atoms with van der Waals surface area (Å²) in [6.45, 7) is 1.32. The number of amides is 1. The molecule has 3 aromatic heterocycles. The topological polar surface area (TPSA) is 64.2 Å². The van der Waals surface area contributed by atoms with E-state index in [1.165, 1.54) is 18.6 Å². The van der Waals surface area contributed by atoms with Crippen LogP contribution in [0.3, 0.4) is 0 Å². The molecule has 6 nitrogen and oxygen atoms in total. The molecule has 9 heteroatoms. The summed E-state index contributed by atoms with van der Waals surface area (Å²) < 4.78 is 27.9. The second-order valence-corrected chi connectivity index (χ2v) is 6.94. The number of hydrogen-bond acceptors (Lipinski definition) is 3. The number of benzene rings is 1. The maximum absolute atomic E-state index is 12.8. The number of nitrogens with zero attached hydrogens (tertiary/aromatic N) is 4. The van der Waals surface area contributed by atoms with E-state index in [9.17, 15) is 13.6 Å². The first kappa shape index (κ1) is 19.1. The molecule has 1 aromatic carbocycles. The third-order valence-electron chi connectivity index (χ3n) is 4.50. The lowest BCUT2D eigenvalue weighted by Gasteiger charge is -2.11. The predicted octanol–water partition coefficient (Wildman–Crippen LogP) is 4.68. The van der Waals surface area contributed by atoms with Crippen LogP contribution < -0.4 is 5.32 Å². The average Bonchev–Trinajstić information content (AvgIpc) is 3.30. The zero-order chi connectivity index (χ0) is 20.5. The molecule has 0 radical (unpaired) electrons. The molecule has 1 N–H and O–H groups in total. The minimum absolute atomic E-state index is 0.309. The molecular formula is C20H16ClF2N5O. The first-order valence-electron chi connectivity index (χ1n) is 8.77. The Kier molecular flexibility index (Phi) is 5.02. The highest BCUT2D eigenvalue weighted by atomic mass is 35.5. The molecule has 0 atom stereocenters. The fourth-order valence-electron chi connectivity index (χ4n) is 3.07. The van der Waals surface area contributed by atoms with Crippen LogP contribution in [0.25, 0.3) is 16.6 Å². The van der Waals surface area contributed by atoms with E-state index in [2.05, 4.69) is 15.5 Å². The van der Waals surface area contributed by atoms with Crippen molar-refractivity contribution in [3.05, 3.63) is 71.3 Å². The van der Waals surface area contributed by atoms with Crippen molar-refractivity contribution in [3.8, 4) is 11.1 Å². The molecule has 0 fully saturated rings. The van der Waals surface area contributed by atoms with E-state index in [1.54, 1.807) is 28.9 Å². The van der Waals surface area contributed by atoms with Crippen molar-refractivity contribution >= 4 is 28.7 Å². The normalized spacial score (nSPS) is 11.3. The van der Waals surface area contributed by atoms with Gasteiger partial charge in [0.25, 0.3) is 12.3 Å². The van der Waals surface area contributed by atoms with Crippen LogP contribution in [0, 0.1) is 6.92 Å². The molecule has 0 aliphatic heterocycles. The van der Waals surface area contributed by atoms with E-state index in [-0.39, 0.29) is 5.91 Å². The molecule has 4 rings (SSSR count). The monoisotopic (exact) mass is 415 g/mol. The maximum Gasteiger partial charge on any atom is 0.259 e. The molecule has 29 heavy (non-hydrogen) atoms. The van der Waals surface area contributed by atoms with Gasteiger partial charge in [-0.25, -0.2) is 13.3 Å². The highest BCUT2D eigenvalue weighted by Crippen LogP contribution is 2.33. The van der Waals surface area contributed by atoms with Crippen LogP contribution in [0.5, 0.6) is 0 Å². The molecule has 4 aromatic rings. The number of carbonyl (C=O) groups excluding carboxylic acids is 1. The van der Waals surface area contributed by atoms with Gasteiger partial charge >= 0.3 is 0 Å². The van der Waals surface area contributed by atoms with Crippen LogP contribution >= 0.6 is 11.6 Å². The van der Waals surface area contributed by atoms with Gasteiger partial charge in [0.15, 0.2) is 0 Å². The van der Waals surface area contributed by atoms with E-state index < -0.39 is 13.0 Å². The molecule has 0 bridgehead atoms. The van der Waals surface area contributed by atoms with Gasteiger partial charge in [0.2, 0.25) is 0 Å². The average molecular weight is 416 g/mol. The van der Waals surface area contributed by atoms with Crippen LogP contribution in [-0.4, -0.2) is 31.7 Å². The van der Waals surface area contributed by atoms with Crippen molar-refractivity contribution in [2.75, 3.05) is 5.32 Å². The summed E-state index contributed by atoms with van der Waals surface area (Å²) in [6, 6.07) is 8.89. The summed E-state index contributed by atoms with van der Waals surface area (Å²) in [4.78, 5) is 12.8. The zero-order valence-electron chi connectivity index (χ0n) is 15.3. The van der Waals surface area contributed by atoms with Gasteiger partial charge < -0.3 is 5.32 Å². The Morgan fingerprint density at radius 2 is 2.07 bits per heavy atom. The molecule has 0 spiro atoms. The van der Waals surface area contributed by atoms with Crippen molar-refractivity contribution < 1.29 is 13.6 Å². The molecule has 0 saturated carbocycles. The Labute approximate surface area is 169 Å². The molecule has 3 heterocycles. The summed E-state index contributed by atoms with van der Waals surface area (Å²) in [7, 11) is 0. The maximum atomic E-state index is 12.8. The quantitative estimate of drug-likeness (QED) is 0.515. The lowest BCUT2D eigenvalue weighted by Crippen LogP contribution is -2.12. The first-order valence-corrected chi connectivity index (χ1v) is 9.15. The molecule has 0 aliphatic carbocycles. The molecule has 0 aliphatic rings. The molecular weight excluding hydrogens is 400 g/mol. The fraction of sp³-hybridized carbons (Fsp3) is 0.150. The van der Waals surface area contributed by atoms with E-state index in [1.807, 2.05) is 19.1 Å². The summed E-state index contributed by atoms with van der Waals surface area (Å²) in [5.41, 5.74) is 3.63. The standard InChI is InChI=1S/C20H16ClF2N5O/c1-12-6-16(21)14(13-8-24-27(10-13)11-19(22)23)7-17(12)26-20(29)15-9-25-28-5-3-2-4-18(15)28/h2-10,19H,11H2,1H3,(H,26,29). The number of aryl methyl sites for hydroxylation is 1. The van der Waals surface area contributed by atoms with Crippen LogP contribution in [-0.2, 0) is 6.54 Å². The van der Waals surface area contributed by atoms with Gasteiger partial charge in [-0.05, 0) is 36.8 Å². The number of aromatic nitrogens is 4. The van der Waals surface area contributed by atoms with Crippen LogP contribution in [0.2, 0.25) is 5.02 Å². The van der Waals surface area contributed by atoms with Crippen LogP contribution in [0.1, 0.15) is 15.9 Å². The van der Waals surface area contributed by atoms with E-state index in [0.717, 1.165) is 10.2 Å². The highest BCUT2D eigenvalue weighted by molar-refractivity contribution is 6.33. The van der Waals surface area contributed by atoms with Gasteiger partial charge in [-0.3, -0.25) is 9.48 Å². The Morgan fingerprint density at radius 3 is 2.86 bits per heavy atom. The number of rotatable bonds is 5. The molecule has 0 unspecified atom stereocenters. The molecule has 1 amide bonds. The lowest BCUT2D eigenvalue weighted by molar-refractivity contribution is 0.102.